The van der Waals surface area contributed by atoms with Gasteiger partial charge in [-0.25, -0.2) is 15.0 Å². The molecule has 0 N–H and O–H groups in total. The topological polar surface area (TPSA) is 60.0 Å². The van der Waals surface area contributed by atoms with Gasteiger partial charge in [0.05, 0.1) is 23.0 Å². The van der Waals surface area contributed by atoms with Gasteiger partial charge in [-0.15, -0.1) is 0 Å². The maximum atomic E-state index is 6.38. The molecule has 0 atom stereocenters. The predicted octanol–water partition coefficient (Wildman–Crippen LogP) is 3.84. The average molecular weight is 380 g/mol. The van der Waals surface area contributed by atoms with E-state index in [0.29, 0.717) is 18.1 Å². The third-order valence-electron chi connectivity index (χ3n) is 5.02. The van der Waals surface area contributed by atoms with Crippen LogP contribution in [0.1, 0.15) is 17.3 Å². The number of halogens is 1. The number of aromatic nitrogens is 4. The van der Waals surface area contributed by atoms with Gasteiger partial charge in [-0.1, -0.05) is 23.7 Å². The van der Waals surface area contributed by atoms with Crippen molar-refractivity contribution in [3.8, 4) is 11.4 Å². The summed E-state index contributed by atoms with van der Waals surface area (Å²) >= 11 is 6.38. The number of rotatable bonds is 3. The lowest BCUT2D eigenvalue weighted by Gasteiger charge is -2.25. The lowest BCUT2D eigenvalue weighted by atomic mass is 10.1. The standard InChI is InChI=1S/C20H18ClN5O/c1-25-17-11-26(12-18-23-16-7-4-9-22-20(16)27-18)10-8-15(17)24-19(25)13-5-2-3-6-14(13)21/h2-7,9H,8,10-12H2,1H3. The molecule has 27 heavy (non-hydrogen) atoms. The molecule has 0 spiro atoms. The number of imidazole rings is 1. The van der Waals surface area contributed by atoms with Crippen LogP contribution in [0.25, 0.3) is 22.6 Å². The number of pyridine rings is 1. The molecule has 0 unspecified atom stereocenters. The van der Waals surface area contributed by atoms with E-state index in [0.717, 1.165) is 47.1 Å². The van der Waals surface area contributed by atoms with Crippen LogP contribution in [0.4, 0.5) is 0 Å². The Kier molecular flexibility index (Phi) is 3.95. The van der Waals surface area contributed by atoms with Crippen LogP contribution in [0.2, 0.25) is 5.02 Å². The van der Waals surface area contributed by atoms with Crippen LogP contribution in [0.5, 0.6) is 0 Å². The zero-order valence-corrected chi connectivity index (χ0v) is 15.6. The first-order valence-electron chi connectivity index (χ1n) is 8.91. The van der Waals surface area contributed by atoms with Crippen molar-refractivity contribution < 1.29 is 4.42 Å². The Balaban J connectivity index is 1.42. The summed E-state index contributed by atoms with van der Waals surface area (Å²) in [5.74, 6) is 1.61. The summed E-state index contributed by atoms with van der Waals surface area (Å²) in [5, 5.41) is 0.721. The van der Waals surface area contributed by atoms with E-state index in [9.17, 15) is 0 Å². The molecular weight excluding hydrogens is 362 g/mol. The zero-order chi connectivity index (χ0) is 18.4. The quantitative estimate of drug-likeness (QED) is 0.541. The van der Waals surface area contributed by atoms with Crippen molar-refractivity contribution in [3.05, 3.63) is 64.9 Å². The van der Waals surface area contributed by atoms with Gasteiger partial charge in [-0.3, -0.25) is 4.90 Å². The van der Waals surface area contributed by atoms with Gasteiger partial charge in [0.15, 0.2) is 0 Å². The van der Waals surface area contributed by atoms with Gasteiger partial charge in [-0.05, 0) is 24.3 Å². The summed E-state index contributed by atoms with van der Waals surface area (Å²) < 4.78 is 7.92. The smallest absolute Gasteiger partial charge is 0.246 e. The van der Waals surface area contributed by atoms with Gasteiger partial charge in [0.1, 0.15) is 11.3 Å². The van der Waals surface area contributed by atoms with Gasteiger partial charge >= 0.3 is 0 Å². The van der Waals surface area contributed by atoms with Crippen LogP contribution in [0.15, 0.2) is 47.0 Å². The van der Waals surface area contributed by atoms with Crippen molar-refractivity contribution >= 4 is 22.8 Å². The minimum atomic E-state index is 0.590. The van der Waals surface area contributed by atoms with Crippen LogP contribution in [-0.2, 0) is 26.6 Å². The van der Waals surface area contributed by atoms with Crippen LogP contribution in [0, 0.1) is 0 Å². The van der Waals surface area contributed by atoms with Crippen molar-refractivity contribution in [2.45, 2.75) is 19.5 Å². The summed E-state index contributed by atoms with van der Waals surface area (Å²) in [7, 11) is 2.05. The number of fused-ring (bicyclic) bond motifs is 2. The second-order valence-electron chi connectivity index (χ2n) is 6.76. The Hall–Kier alpha value is -2.70. The highest BCUT2D eigenvalue weighted by atomic mass is 35.5. The van der Waals surface area contributed by atoms with Gasteiger partial charge in [0, 0.05) is 38.3 Å². The van der Waals surface area contributed by atoms with Gasteiger partial charge in [0.2, 0.25) is 11.6 Å². The maximum absolute atomic E-state index is 6.38. The van der Waals surface area contributed by atoms with Crippen molar-refractivity contribution in [2.24, 2.45) is 7.05 Å². The van der Waals surface area contributed by atoms with E-state index in [1.54, 1.807) is 6.20 Å². The molecule has 1 aliphatic rings. The number of hydrogen-bond donors (Lipinski definition) is 0. The molecule has 0 amide bonds. The third kappa shape index (κ3) is 2.91. The minimum Gasteiger partial charge on any atom is -0.421 e. The number of nitrogens with zero attached hydrogens (tertiary/aromatic N) is 5. The molecular formula is C20H18ClN5O. The summed E-state index contributed by atoms with van der Waals surface area (Å²) in [4.78, 5) is 15.9. The van der Waals surface area contributed by atoms with Crippen molar-refractivity contribution in [1.29, 1.82) is 0 Å². The molecule has 0 aliphatic carbocycles. The Morgan fingerprint density at radius 3 is 2.89 bits per heavy atom. The highest BCUT2D eigenvalue weighted by molar-refractivity contribution is 6.33. The SMILES string of the molecule is Cn1c(-c2ccccc2Cl)nc2c1CN(Cc1nc3cccnc3o1)CC2. The van der Waals surface area contributed by atoms with E-state index < -0.39 is 0 Å². The van der Waals surface area contributed by atoms with Gasteiger partial charge in [-0.2, -0.15) is 0 Å². The molecule has 4 heterocycles. The molecule has 136 valence electrons. The Bertz CT molecular complexity index is 1100. The molecule has 0 radical (unpaired) electrons. The highest BCUT2D eigenvalue weighted by Crippen LogP contribution is 2.30. The van der Waals surface area contributed by atoms with Crippen LogP contribution < -0.4 is 0 Å². The van der Waals surface area contributed by atoms with Gasteiger partial charge in [0.25, 0.3) is 0 Å². The second-order valence-corrected chi connectivity index (χ2v) is 7.17. The van der Waals surface area contributed by atoms with Crippen molar-refractivity contribution in [2.75, 3.05) is 6.54 Å². The first-order chi connectivity index (χ1) is 13.2. The molecule has 5 rings (SSSR count). The van der Waals surface area contributed by atoms with E-state index in [2.05, 4.69) is 26.5 Å². The Labute approximate surface area is 161 Å². The maximum Gasteiger partial charge on any atom is 0.246 e. The molecule has 1 aromatic carbocycles. The molecule has 0 bridgehead atoms. The van der Waals surface area contributed by atoms with Crippen molar-refractivity contribution in [1.82, 2.24) is 24.4 Å². The molecule has 1 aliphatic heterocycles. The van der Waals surface area contributed by atoms with Gasteiger partial charge < -0.3 is 8.98 Å². The highest BCUT2D eigenvalue weighted by Gasteiger charge is 2.25. The number of hydrogen-bond acceptors (Lipinski definition) is 5. The van der Waals surface area contributed by atoms with Crippen LogP contribution >= 0.6 is 11.6 Å². The molecule has 3 aromatic heterocycles. The summed E-state index contributed by atoms with van der Waals surface area (Å²) in [6.07, 6.45) is 2.61. The summed E-state index contributed by atoms with van der Waals surface area (Å²) in [5.41, 5.74) is 4.71. The van der Waals surface area contributed by atoms with E-state index in [4.69, 9.17) is 21.0 Å². The average Bonchev–Trinajstić information content (AvgIpc) is 3.23. The number of oxazole rings is 1. The molecule has 4 aromatic rings. The lowest BCUT2D eigenvalue weighted by Crippen LogP contribution is -2.31. The zero-order valence-electron chi connectivity index (χ0n) is 14.9. The fourth-order valence-corrected chi connectivity index (χ4v) is 3.85. The summed E-state index contributed by atoms with van der Waals surface area (Å²) in [6.45, 7) is 2.37. The van der Waals surface area contributed by atoms with Crippen LogP contribution in [0.3, 0.4) is 0 Å². The lowest BCUT2D eigenvalue weighted by molar-refractivity contribution is 0.217. The van der Waals surface area contributed by atoms with E-state index >= 15 is 0 Å². The third-order valence-corrected chi connectivity index (χ3v) is 5.35. The molecule has 0 fully saturated rings. The molecule has 0 saturated carbocycles. The second kappa shape index (κ2) is 6.48. The van der Waals surface area contributed by atoms with E-state index in [1.165, 1.54) is 5.69 Å². The fourth-order valence-electron chi connectivity index (χ4n) is 3.63. The monoisotopic (exact) mass is 379 g/mol. The van der Waals surface area contributed by atoms with Crippen molar-refractivity contribution in [3.63, 3.8) is 0 Å². The normalized spacial score (nSPS) is 14.6. The Morgan fingerprint density at radius 1 is 1.15 bits per heavy atom. The van der Waals surface area contributed by atoms with Crippen LogP contribution in [-0.4, -0.2) is 31.0 Å². The largest absolute Gasteiger partial charge is 0.421 e. The summed E-state index contributed by atoms with van der Waals surface area (Å²) in [6, 6.07) is 11.6. The first-order valence-corrected chi connectivity index (χ1v) is 9.29. The van der Waals surface area contributed by atoms with E-state index in [1.807, 2.05) is 36.4 Å². The first kappa shape index (κ1) is 16.5. The fraction of sp³-hybridized carbons (Fsp3) is 0.250. The molecule has 6 nitrogen and oxygen atoms in total. The molecule has 7 heteroatoms. The predicted molar refractivity (Wildman–Crippen MR) is 103 cm³/mol. The minimum absolute atomic E-state index is 0.590. The number of benzene rings is 1. The van der Waals surface area contributed by atoms with E-state index in [-0.39, 0.29) is 0 Å². The molecule has 0 saturated heterocycles. The Morgan fingerprint density at radius 2 is 2.04 bits per heavy atom.